The van der Waals surface area contributed by atoms with E-state index in [1.807, 2.05) is 43.3 Å². The van der Waals surface area contributed by atoms with Crippen LogP contribution in [0.1, 0.15) is 15.9 Å². The Bertz CT molecular complexity index is 645. The van der Waals surface area contributed by atoms with Gasteiger partial charge in [-0.15, -0.1) is 0 Å². The van der Waals surface area contributed by atoms with Gasteiger partial charge in [0, 0.05) is 5.56 Å². The van der Waals surface area contributed by atoms with Crippen LogP contribution in [-0.2, 0) is 10.7 Å². The zero-order valence-electron chi connectivity index (χ0n) is 10.5. The van der Waals surface area contributed by atoms with E-state index in [4.69, 9.17) is 0 Å². The summed E-state index contributed by atoms with van der Waals surface area (Å²) in [6.45, 7) is 2.02. The predicted molar refractivity (Wildman–Crippen MR) is 76.1 cm³/mol. The molecule has 0 aliphatic rings. The molecule has 0 spiro atoms. The number of thiol groups is 1. The number of carbonyl (C=O) groups excluding carboxylic acids is 1. The van der Waals surface area contributed by atoms with Crippen LogP contribution in [0.25, 0.3) is 11.1 Å². The van der Waals surface area contributed by atoms with E-state index >= 15 is 0 Å². The molecule has 19 heavy (non-hydrogen) atoms. The third-order valence-corrected chi connectivity index (χ3v) is 3.41. The number of carbonyl (C=O) groups is 1. The molecule has 0 heterocycles. The molecule has 0 bridgehead atoms. The molecule has 0 atom stereocenters. The first-order chi connectivity index (χ1) is 9.06. The smallest absolute Gasteiger partial charge is 0.177 e. The average molecular weight is 274 g/mol. The van der Waals surface area contributed by atoms with Crippen LogP contribution in [0.15, 0.2) is 48.5 Å². The Labute approximate surface area is 113 Å². The lowest BCUT2D eigenvalue weighted by molar-refractivity contribution is 0.102. The van der Waals surface area contributed by atoms with E-state index in [9.17, 15) is 13.2 Å². The summed E-state index contributed by atoms with van der Waals surface area (Å²) < 4.78 is 21.0. The maximum absolute atomic E-state index is 11.6. The Balaban J connectivity index is 2.23. The lowest BCUT2D eigenvalue weighted by Crippen LogP contribution is -2.06. The van der Waals surface area contributed by atoms with Gasteiger partial charge in [-0.05, 0) is 18.1 Å². The normalized spacial score (nSPS) is 10.6. The third-order valence-electron chi connectivity index (χ3n) is 2.86. The zero-order chi connectivity index (χ0) is 13.8. The van der Waals surface area contributed by atoms with Gasteiger partial charge in [-0.25, -0.2) is 8.42 Å². The van der Waals surface area contributed by atoms with Gasteiger partial charge in [0.05, 0.1) is 0 Å². The minimum Gasteiger partial charge on any atom is -0.293 e. The highest BCUT2D eigenvalue weighted by Gasteiger charge is 2.07. The summed E-state index contributed by atoms with van der Waals surface area (Å²) >= 11 is 0. The molecule has 0 fully saturated rings. The van der Waals surface area contributed by atoms with Crippen LogP contribution in [0.5, 0.6) is 0 Å². The number of rotatable bonds is 4. The number of hydrogen-bond donors (Lipinski definition) is 1. The summed E-state index contributed by atoms with van der Waals surface area (Å²) in [6, 6.07) is 15.1. The van der Waals surface area contributed by atoms with Crippen LogP contribution in [0.4, 0.5) is 0 Å². The van der Waals surface area contributed by atoms with Crippen LogP contribution in [0.2, 0.25) is 0 Å². The Morgan fingerprint density at radius 2 is 1.37 bits per heavy atom. The zero-order valence-corrected chi connectivity index (χ0v) is 11.4. The number of hydrogen-bond acceptors (Lipinski definition) is 3. The molecule has 2 rings (SSSR count). The van der Waals surface area contributed by atoms with Gasteiger partial charge in [0.1, 0.15) is 16.5 Å². The van der Waals surface area contributed by atoms with Crippen molar-refractivity contribution in [1.29, 1.82) is 0 Å². The maximum Gasteiger partial charge on any atom is 0.177 e. The van der Waals surface area contributed by atoms with Gasteiger partial charge in [0.25, 0.3) is 0 Å². The summed E-state index contributed by atoms with van der Waals surface area (Å²) in [7, 11) is -2.67. The molecule has 0 amide bonds. The molecular formula is C15H14O3S. The highest BCUT2D eigenvalue weighted by atomic mass is 32.2. The van der Waals surface area contributed by atoms with E-state index in [2.05, 4.69) is 0 Å². The van der Waals surface area contributed by atoms with E-state index in [1.54, 1.807) is 12.1 Å². The first kappa shape index (κ1) is 13.5. The SMILES string of the molecule is Cc1ccc(-c2ccc(C(=O)C[SH](=O)=O)cc2)cc1. The molecule has 0 aliphatic carbocycles. The second-order valence-corrected chi connectivity index (χ2v) is 5.34. The van der Waals surface area contributed by atoms with Gasteiger partial charge >= 0.3 is 0 Å². The number of aryl methyl sites for hydroxylation is 1. The molecule has 2 aromatic carbocycles. The summed E-state index contributed by atoms with van der Waals surface area (Å²) in [6.07, 6.45) is 0. The average Bonchev–Trinajstić information content (AvgIpc) is 2.39. The molecule has 2 aromatic rings. The van der Waals surface area contributed by atoms with Crippen molar-refractivity contribution >= 4 is 16.5 Å². The van der Waals surface area contributed by atoms with Gasteiger partial charge in [-0.2, -0.15) is 0 Å². The summed E-state index contributed by atoms with van der Waals surface area (Å²) in [5.41, 5.74) is 3.69. The maximum atomic E-state index is 11.6. The topological polar surface area (TPSA) is 51.2 Å². The molecule has 0 N–H and O–H groups in total. The largest absolute Gasteiger partial charge is 0.293 e. The molecule has 0 saturated carbocycles. The van der Waals surface area contributed by atoms with E-state index in [1.165, 1.54) is 5.56 Å². The van der Waals surface area contributed by atoms with Gasteiger partial charge in [0.15, 0.2) is 5.78 Å². The highest BCUT2D eigenvalue weighted by molar-refractivity contribution is 7.73. The molecule has 98 valence electrons. The quantitative estimate of drug-likeness (QED) is 0.688. The second kappa shape index (κ2) is 5.80. The monoisotopic (exact) mass is 274 g/mol. The van der Waals surface area contributed by atoms with Crippen molar-refractivity contribution in [3.8, 4) is 11.1 Å². The minimum atomic E-state index is -2.67. The van der Waals surface area contributed by atoms with Gasteiger partial charge in [-0.3, -0.25) is 4.79 Å². The van der Waals surface area contributed by atoms with Crippen molar-refractivity contribution in [3.05, 3.63) is 59.7 Å². The van der Waals surface area contributed by atoms with E-state index in [0.717, 1.165) is 11.1 Å². The van der Waals surface area contributed by atoms with Crippen LogP contribution in [0, 0.1) is 6.92 Å². The van der Waals surface area contributed by atoms with Crippen LogP contribution in [-0.4, -0.2) is 20.0 Å². The van der Waals surface area contributed by atoms with Crippen LogP contribution < -0.4 is 0 Å². The molecule has 0 saturated heterocycles. The summed E-state index contributed by atoms with van der Waals surface area (Å²) in [4.78, 5) is 11.6. The second-order valence-electron chi connectivity index (χ2n) is 4.36. The van der Waals surface area contributed by atoms with Crippen molar-refractivity contribution in [1.82, 2.24) is 0 Å². The van der Waals surface area contributed by atoms with Crippen molar-refractivity contribution < 1.29 is 13.2 Å². The Hall–Kier alpha value is -1.94. The number of Topliss-reactive ketones (excluding diaryl/α,β-unsaturated/α-hetero) is 1. The highest BCUT2D eigenvalue weighted by Crippen LogP contribution is 2.20. The molecule has 0 unspecified atom stereocenters. The Kier molecular flexibility index (Phi) is 4.12. The van der Waals surface area contributed by atoms with Crippen LogP contribution in [0.3, 0.4) is 0 Å². The third kappa shape index (κ3) is 3.51. The van der Waals surface area contributed by atoms with E-state index < -0.39 is 16.5 Å². The van der Waals surface area contributed by atoms with Crippen LogP contribution >= 0.6 is 0 Å². The predicted octanol–water partition coefficient (Wildman–Crippen LogP) is 2.46. The first-order valence-corrected chi connectivity index (χ1v) is 7.24. The van der Waals surface area contributed by atoms with Crippen molar-refractivity contribution in [3.63, 3.8) is 0 Å². The van der Waals surface area contributed by atoms with E-state index in [0.29, 0.717) is 5.56 Å². The fourth-order valence-corrected chi connectivity index (χ4v) is 2.22. The molecule has 0 radical (unpaired) electrons. The lowest BCUT2D eigenvalue weighted by atomic mass is 10.0. The standard InChI is InChI=1S/C15H14O3S/c1-11-2-4-12(5-3-11)13-6-8-14(9-7-13)15(16)10-19(17)18/h2-9,19H,10H2,1H3. The lowest BCUT2D eigenvalue weighted by Gasteiger charge is -2.03. The van der Waals surface area contributed by atoms with Gasteiger partial charge in [-0.1, -0.05) is 54.1 Å². The van der Waals surface area contributed by atoms with Gasteiger partial charge < -0.3 is 0 Å². The van der Waals surface area contributed by atoms with Crippen molar-refractivity contribution in [2.24, 2.45) is 0 Å². The molecule has 4 heteroatoms. The first-order valence-electron chi connectivity index (χ1n) is 5.88. The summed E-state index contributed by atoms with van der Waals surface area (Å²) in [5, 5.41) is 0. The number of ketones is 1. The molecule has 3 nitrogen and oxygen atoms in total. The minimum absolute atomic E-state index is 0.369. The van der Waals surface area contributed by atoms with E-state index in [-0.39, 0.29) is 5.78 Å². The fraction of sp³-hybridized carbons (Fsp3) is 0.133. The Morgan fingerprint density at radius 1 is 0.895 bits per heavy atom. The Morgan fingerprint density at radius 3 is 1.84 bits per heavy atom. The molecular weight excluding hydrogens is 260 g/mol. The van der Waals surface area contributed by atoms with Crippen molar-refractivity contribution in [2.45, 2.75) is 6.92 Å². The molecule has 0 aliphatic heterocycles. The summed E-state index contributed by atoms with van der Waals surface area (Å²) in [5.74, 6) is -0.800. The molecule has 0 aromatic heterocycles. The number of benzene rings is 2. The van der Waals surface area contributed by atoms with Gasteiger partial charge in [0.2, 0.25) is 0 Å². The van der Waals surface area contributed by atoms with Crippen molar-refractivity contribution in [2.75, 3.05) is 5.75 Å². The fourth-order valence-electron chi connectivity index (χ4n) is 1.80.